The van der Waals surface area contributed by atoms with Crippen LogP contribution in [0, 0.1) is 5.92 Å². The maximum Gasteiger partial charge on any atom is 0.289 e. The van der Waals surface area contributed by atoms with Crippen molar-refractivity contribution in [2.45, 2.75) is 32.8 Å². The lowest BCUT2D eigenvalue weighted by Gasteiger charge is -2.26. The summed E-state index contributed by atoms with van der Waals surface area (Å²) in [7, 11) is 0. The van der Waals surface area contributed by atoms with Gasteiger partial charge in [-0.05, 0) is 24.5 Å². The summed E-state index contributed by atoms with van der Waals surface area (Å²) < 4.78 is 16.6. The van der Waals surface area contributed by atoms with Gasteiger partial charge in [0, 0.05) is 19.0 Å². The van der Waals surface area contributed by atoms with Crippen LogP contribution >= 0.6 is 0 Å². The van der Waals surface area contributed by atoms with Gasteiger partial charge in [-0.3, -0.25) is 4.79 Å². The Hall–Kier alpha value is -2.50. The first-order chi connectivity index (χ1) is 11.6. The lowest BCUT2D eigenvalue weighted by atomic mass is 10.1. The summed E-state index contributed by atoms with van der Waals surface area (Å²) in [6.45, 7) is 5.15. The number of para-hydroxylation sites is 2. The van der Waals surface area contributed by atoms with Gasteiger partial charge in [0.25, 0.3) is 5.91 Å². The lowest BCUT2D eigenvalue weighted by Crippen LogP contribution is -2.34. The molecule has 0 spiro atoms. The molecule has 0 saturated carbocycles. The highest BCUT2D eigenvalue weighted by Gasteiger charge is 2.21. The minimum atomic E-state index is -0.255. The molecule has 0 saturated heterocycles. The van der Waals surface area contributed by atoms with Crippen LogP contribution in [-0.4, -0.2) is 30.3 Å². The molecule has 1 N–H and O–H groups in total. The van der Waals surface area contributed by atoms with E-state index in [0.717, 1.165) is 23.6 Å². The number of carbonyl (C=O) groups is 1. The van der Waals surface area contributed by atoms with Crippen molar-refractivity contribution in [3.63, 3.8) is 0 Å². The van der Waals surface area contributed by atoms with E-state index in [9.17, 15) is 4.79 Å². The number of fused-ring (bicyclic) bond motifs is 1. The summed E-state index contributed by atoms with van der Waals surface area (Å²) in [5, 5.41) is 6.75. The second kappa shape index (κ2) is 7.38. The molecule has 6 nitrogen and oxygen atoms in total. The number of hydrogen-bond donors (Lipinski definition) is 1. The molecule has 0 fully saturated rings. The normalized spacial score (nSPS) is 16.2. The summed E-state index contributed by atoms with van der Waals surface area (Å²) >= 11 is 0. The third-order valence-electron chi connectivity index (χ3n) is 3.72. The standard InChI is InChI=1S/C18H22N2O4/c1-12(2)9-13-10-17(24-20-13)18(21)19-8-7-14-11-22-15-5-3-4-6-16(15)23-14/h3-6,10,12,14H,7-9,11H2,1-2H3,(H,19,21)/t14-/m0/s1. The van der Waals surface area contributed by atoms with Crippen LogP contribution in [0.5, 0.6) is 11.5 Å². The van der Waals surface area contributed by atoms with Crippen LogP contribution in [0.1, 0.15) is 36.5 Å². The van der Waals surface area contributed by atoms with Crippen LogP contribution in [0.4, 0.5) is 0 Å². The fourth-order valence-electron chi connectivity index (χ4n) is 2.57. The van der Waals surface area contributed by atoms with E-state index in [1.807, 2.05) is 24.3 Å². The maximum absolute atomic E-state index is 12.1. The predicted molar refractivity (Wildman–Crippen MR) is 88.3 cm³/mol. The average Bonchev–Trinajstić information content (AvgIpc) is 3.02. The van der Waals surface area contributed by atoms with E-state index in [1.54, 1.807) is 6.07 Å². The summed E-state index contributed by atoms with van der Waals surface area (Å²) in [6.07, 6.45) is 1.38. The zero-order chi connectivity index (χ0) is 16.9. The molecule has 0 unspecified atom stereocenters. The number of hydrogen-bond acceptors (Lipinski definition) is 5. The van der Waals surface area contributed by atoms with Crippen LogP contribution in [0.2, 0.25) is 0 Å². The Morgan fingerprint density at radius 2 is 2.12 bits per heavy atom. The van der Waals surface area contributed by atoms with Crippen LogP contribution in [0.15, 0.2) is 34.9 Å². The number of ether oxygens (including phenoxy) is 2. The van der Waals surface area contributed by atoms with Crippen molar-refractivity contribution >= 4 is 5.91 Å². The monoisotopic (exact) mass is 330 g/mol. The van der Waals surface area contributed by atoms with Gasteiger partial charge in [0.1, 0.15) is 12.7 Å². The van der Waals surface area contributed by atoms with Crippen LogP contribution in [-0.2, 0) is 6.42 Å². The van der Waals surface area contributed by atoms with E-state index in [2.05, 4.69) is 24.3 Å². The molecule has 1 aliphatic heterocycles. The van der Waals surface area contributed by atoms with E-state index in [1.165, 1.54) is 0 Å². The molecule has 0 bridgehead atoms. The fraction of sp³-hybridized carbons (Fsp3) is 0.444. The van der Waals surface area contributed by atoms with Gasteiger partial charge in [0.05, 0.1) is 5.69 Å². The third-order valence-corrected chi connectivity index (χ3v) is 3.72. The second-order valence-electron chi connectivity index (χ2n) is 6.32. The molecule has 1 atom stereocenters. The molecule has 0 aliphatic carbocycles. The summed E-state index contributed by atoms with van der Waals surface area (Å²) in [5.41, 5.74) is 0.802. The molecular formula is C18H22N2O4. The topological polar surface area (TPSA) is 73.6 Å². The van der Waals surface area contributed by atoms with Crippen molar-refractivity contribution in [3.8, 4) is 11.5 Å². The smallest absolute Gasteiger partial charge is 0.289 e. The van der Waals surface area contributed by atoms with Gasteiger partial charge in [-0.25, -0.2) is 0 Å². The molecule has 2 aromatic rings. The third kappa shape index (κ3) is 4.07. The fourth-order valence-corrected chi connectivity index (χ4v) is 2.57. The summed E-state index contributed by atoms with van der Waals surface area (Å²) in [4.78, 5) is 12.1. The van der Waals surface area contributed by atoms with Gasteiger partial charge in [0.15, 0.2) is 11.5 Å². The van der Waals surface area contributed by atoms with Crippen molar-refractivity contribution in [3.05, 3.63) is 41.8 Å². The van der Waals surface area contributed by atoms with Crippen LogP contribution in [0.25, 0.3) is 0 Å². The second-order valence-corrected chi connectivity index (χ2v) is 6.32. The van der Waals surface area contributed by atoms with Crippen molar-refractivity contribution < 1.29 is 18.8 Å². The number of carbonyl (C=O) groups excluding carboxylic acids is 1. The highest BCUT2D eigenvalue weighted by atomic mass is 16.6. The zero-order valence-corrected chi connectivity index (χ0v) is 14.0. The Morgan fingerprint density at radius 3 is 2.92 bits per heavy atom. The predicted octanol–water partition coefficient (Wildman–Crippen LogP) is 2.83. The quantitative estimate of drug-likeness (QED) is 0.881. The first-order valence-corrected chi connectivity index (χ1v) is 8.24. The summed E-state index contributed by atoms with van der Waals surface area (Å²) in [6, 6.07) is 9.28. The minimum absolute atomic E-state index is 0.0774. The lowest BCUT2D eigenvalue weighted by molar-refractivity contribution is 0.0801. The Morgan fingerprint density at radius 1 is 1.33 bits per heavy atom. The zero-order valence-electron chi connectivity index (χ0n) is 14.0. The molecule has 24 heavy (non-hydrogen) atoms. The highest BCUT2D eigenvalue weighted by Crippen LogP contribution is 2.31. The largest absolute Gasteiger partial charge is 0.486 e. The van der Waals surface area contributed by atoms with Crippen molar-refractivity contribution in [1.29, 1.82) is 0 Å². The van der Waals surface area contributed by atoms with Crippen LogP contribution < -0.4 is 14.8 Å². The first-order valence-electron chi connectivity index (χ1n) is 8.24. The van der Waals surface area contributed by atoms with E-state index >= 15 is 0 Å². The first kappa shape index (κ1) is 16.4. The number of benzene rings is 1. The molecule has 0 radical (unpaired) electrons. The van der Waals surface area contributed by atoms with E-state index in [0.29, 0.717) is 25.5 Å². The van der Waals surface area contributed by atoms with Gasteiger partial charge in [0.2, 0.25) is 5.76 Å². The molecule has 1 aromatic heterocycles. The van der Waals surface area contributed by atoms with E-state index < -0.39 is 0 Å². The van der Waals surface area contributed by atoms with Gasteiger partial charge in [-0.1, -0.05) is 31.1 Å². The van der Waals surface area contributed by atoms with Crippen LogP contribution in [0.3, 0.4) is 0 Å². The molecular weight excluding hydrogens is 308 g/mol. The van der Waals surface area contributed by atoms with Crippen molar-refractivity contribution in [2.24, 2.45) is 5.92 Å². The molecule has 128 valence electrons. The average molecular weight is 330 g/mol. The summed E-state index contributed by atoms with van der Waals surface area (Å²) in [5.74, 6) is 1.97. The molecule has 6 heteroatoms. The van der Waals surface area contributed by atoms with Gasteiger partial charge in [-0.15, -0.1) is 0 Å². The molecule has 1 aromatic carbocycles. The molecule has 2 heterocycles. The van der Waals surface area contributed by atoms with Gasteiger partial charge < -0.3 is 19.3 Å². The SMILES string of the molecule is CC(C)Cc1cc(C(=O)NCC[C@H]2COc3ccccc3O2)on1. The van der Waals surface area contributed by atoms with E-state index in [4.69, 9.17) is 14.0 Å². The number of nitrogens with one attached hydrogen (secondary N) is 1. The Kier molecular flexibility index (Phi) is 5.03. The molecule has 3 rings (SSSR count). The highest BCUT2D eigenvalue weighted by molar-refractivity contribution is 5.91. The van der Waals surface area contributed by atoms with Crippen molar-refractivity contribution in [1.82, 2.24) is 10.5 Å². The number of rotatable bonds is 6. The van der Waals surface area contributed by atoms with Gasteiger partial charge in [-0.2, -0.15) is 0 Å². The Labute approximate surface area is 141 Å². The number of nitrogens with zero attached hydrogens (tertiary/aromatic N) is 1. The molecule has 1 aliphatic rings. The minimum Gasteiger partial charge on any atom is -0.486 e. The molecule has 1 amide bonds. The number of aromatic nitrogens is 1. The van der Waals surface area contributed by atoms with E-state index in [-0.39, 0.29) is 17.8 Å². The Balaban J connectivity index is 1.45. The van der Waals surface area contributed by atoms with Gasteiger partial charge >= 0.3 is 0 Å². The number of amides is 1. The Bertz CT molecular complexity index is 696. The van der Waals surface area contributed by atoms with Crippen molar-refractivity contribution in [2.75, 3.05) is 13.2 Å². The maximum atomic E-state index is 12.1.